The Morgan fingerprint density at radius 2 is 2.05 bits per heavy atom. The molecule has 1 unspecified atom stereocenters. The number of pyridine rings is 1. The van der Waals surface area contributed by atoms with Gasteiger partial charge in [-0.1, -0.05) is 29.3 Å². The number of benzene rings is 1. The molecule has 1 aromatic carbocycles. The lowest BCUT2D eigenvalue weighted by Gasteiger charge is -2.13. The quantitative estimate of drug-likeness (QED) is 0.936. The highest BCUT2D eigenvalue weighted by atomic mass is 35.5. The van der Waals surface area contributed by atoms with Crippen LogP contribution in [0.3, 0.4) is 0 Å². The van der Waals surface area contributed by atoms with Crippen LogP contribution in [-0.4, -0.2) is 17.2 Å². The molecule has 100 valence electrons. The Balaban J connectivity index is 2.20. The molecule has 19 heavy (non-hydrogen) atoms. The molecule has 0 amide bonds. The van der Waals surface area contributed by atoms with E-state index in [1.165, 1.54) is 0 Å². The average molecular weight is 298 g/mol. The van der Waals surface area contributed by atoms with Gasteiger partial charge < -0.3 is 9.84 Å². The summed E-state index contributed by atoms with van der Waals surface area (Å²) in [5.74, 6) is 0.565. The Bertz CT molecular complexity index is 575. The van der Waals surface area contributed by atoms with Crippen molar-refractivity contribution in [2.45, 2.75) is 12.5 Å². The number of hydrogen-bond acceptors (Lipinski definition) is 3. The first-order chi connectivity index (χ1) is 9.11. The molecule has 0 saturated carbocycles. The summed E-state index contributed by atoms with van der Waals surface area (Å²) in [5.41, 5.74) is 1.39. The summed E-state index contributed by atoms with van der Waals surface area (Å²) in [6.45, 7) is 0. The maximum Gasteiger partial charge on any atom is 0.143 e. The third-order valence-corrected chi connectivity index (χ3v) is 3.49. The fraction of sp³-hybridized carbons (Fsp3) is 0.214. The summed E-state index contributed by atoms with van der Waals surface area (Å²) in [5, 5.41) is 11.2. The van der Waals surface area contributed by atoms with Crippen molar-refractivity contribution in [1.82, 2.24) is 4.98 Å². The lowest BCUT2D eigenvalue weighted by molar-refractivity contribution is 0.169. The normalized spacial score (nSPS) is 12.2. The minimum Gasteiger partial charge on any atom is -0.495 e. The highest BCUT2D eigenvalue weighted by Gasteiger charge is 2.15. The van der Waals surface area contributed by atoms with Crippen LogP contribution in [0.5, 0.6) is 5.75 Å². The van der Waals surface area contributed by atoms with E-state index in [0.717, 1.165) is 5.56 Å². The second kappa shape index (κ2) is 6.24. The van der Waals surface area contributed by atoms with E-state index in [4.69, 9.17) is 27.9 Å². The van der Waals surface area contributed by atoms with Gasteiger partial charge in [-0.3, -0.25) is 4.98 Å². The van der Waals surface area contributed by atoms with Crippen molar-refractivity contribution in [3.05, 3.63) is 57.8 Å². The second-order valence-corrected chi connectivity index (χ2v) is 4.87. The molecule has 5 heteroatoms. The molecule has 0 fully saturated rings. The van der Waals surface area contributed by atoms with Crippen LogP contribution >= 0.6 is 23.2 Å². The van der Waals surface area contributed by atoms with Crippen molar-refractivity contribution >= 4 is 23.2 Å². The maximum atomic E-state index is 10.2. The number of nitrogens with zero attached hydrogens (tertiary/aromatic N) is 1. The molecule has 0 bridgehead atoms. The number of aromatic nitrogens is 1. The van der Waals surface area contributed by atoms with Gasteiger partial charge in [0.1, 0.15) is 17.5 Å². The van der Waals surface area contributed by atoms with E-state index in [0.29, 0.717) is 27.9 Å². The topological polar surface area (TPSA) is 42.4 Å². The zero-order valence-electron chi connectivity index (χ0n) is 10.3. The summed E-state index contributed by atoms with van der Waals surface area (Å²) in [4.78, 5) is 4.15. The molecule has 0 aliphatic carbocycles. The van der Waals surface area contributed by atoms with Gasteiger partial charge in [-0.05, 0) is 29.8 Å². The van der Waals surface area contributed by atoms with Crippen LogP contribution in [0.25, 0.3) is 0 Å². The number of rotatable bonds is 4. The van der Waals surface area contributed by atoms with Crippen LogP contribution < -0.4 is 4.74 Å². The van der Waals surface area contributed by atoms with E-state index in [2.05, 4.69) is 4.98 Å². The molecule has 2 rings (SSSR count). The number of halogens is 2. The molecule has 0 radical (unpaired) electrons. The third-order valence-electron chi connectivity index (χ3n) is 2.75. The standard InChI is InChI=1S/C14H13Cl2NO2/c1-19-13-3-2-6-17-14(13)12(18)8-9-4-5-10(15)11(16)7-9/h2-7,12,18H,8H2,1H3. The number of aliphatic hydroxyl groups excluding tert-OH is 1. The number of methoxy groups -OCH3 is 1. The van der Waals surface area contributed by atoms with Crippen LogP contribution in [-0.2, 0) is 6.42 Å². The second-order valence-electron chi connectivity index (χ2n) is 4.06. The Hall–Kier alpha value is -1.29. The first-order valence-corrected chi connectivity index (χ1v) is 6.48. The molecule has 1 heterocycles. The lowest BCUT2D eigenvalue weighted by atomic mass is 10.0. The molecule has 3 nitrogen and oxygen atoms in total. The van der Waals surface area contributed by atoms with Gasteiger partial charge in [0.15, 0.2) is 0 Å². The fourth-order valence-corrected chi connectivity index (χ4v) is 2.13. The highest BCUT2D eigenvalue weighted by Crippen LogP contribution is 2.28. The van der Waals surface area contributed by atoms with Gasteiger partial charge in [-0.25, -0.2) is 0 Å². The number of hydrogen-bond donors (Lipinski definition) is 1. The predicted octanol–water partition coefficient (Wildman–Crippen LogP) is 3.67. The van der Waals surface area contributed by atoms with Crippen LogP contribution in [0.1, 0.15) is 17.4 Å². The van der Waals surface area contributed by atoms with E-state index >= 15 is 0 Å². The summed E-state index contributed by atoms with van der Waals surface area (Å²) >= 11 is 11.8. The summed E-state index contributed by atoms with van der Waals surface area (Å²) in [6.07, 6.45) is 1.26. The van der Waals surface area contributed by atoms with Crippen LogP contribution in [0.2, 0.25) is 10.0 Å². The first-order valence-electron chi connectivity index (χ1n) is 5.72. The largest absolute Gasteiger partial charge is 0.495 e. The Kier molecular flexibility index (Phi) is 4.64. The Morgan fingerprint density at radius 1 is 1.26 bits per heavy atom. The molecule has 1 aromatic heterocycles. The van der Waals surface area contributed by atoms with E-state index in [-0.39, 0.29) is 0 Å². The van der Waals surface area contributed by atoms with Crippen molar-refractivity contribution in [1.29, 1.82) is 0 Å². The van der Waals surface area contributed by atoms with Gasteiger partial charge in [0.2, 0.25) is 0 Å². The predicted molar refractivity (Wildman–Crippen MR) is 75.9 cm³/mol. The Labute approximate surface area is 121 Å². The van der Waals surface area contributed by atoms with Gasteiger partial charge in [0.25, 0.3) is 0 Å². The van der Waals surface area contributed by atoms with Crippen molar-refractivity contribution < 1.29 is 9.84 Å². The van der Waals surface area contributed by atoms with E-state index in [1.807, 2.05) is 6.07 Å². The SMILES string of the molecule is COc1cccnc1C(O)Cc1ccc(Cl)c(Cl)c1. The van der Waals surface area contributed by atoms with Crippen LogP contribution in [0, 0.1) is 0 Å². The fourth-order valence-electron chi connectivity index (χ4n) is 1.81. The maximum absolute atomic E-state index is 10.2. The lowest BCUT2D eigenvalue weighted by Crippen LogP contribution is -2.06. The smallest absolute Gasteiger partial charge is 0.143 e. The number of ether oxygens (including phenoxy) is 1. The van der Waals surface area contributed by atoms with E-state index in [9.17, 15) is 5.11 Å². The third kappa shape index (κ3) is 3.38. The van der Waals surface area contributed by atoms with Gasteiger partial charge in [-0.15, -0.1) is 0 Å². The monoisotopic (exact) mass is 297 g/mol. The van der Waals surface area contributed by atoms with Crippen LogP contribution in [0.15, 0.2) is 36.5 Å². The zero-order valence-corrected chi connectivity index (χ0v) is 11.8. The number of aliphatic hydroxyl groups is 1. The summed E-state index contributed by atoms with van der Waals surface area (Å²) in [6, 6.07) is 8.80. The first kappa shape index (κ1) is 14.1. The van der Waals surface area contributed by atoms with Crippen molar-refractivity contribution in [2.24, 2.45) is 0 Å². The van der Waals surface area contributed by atoms with Crippen molar-refractivity contribution in [3.63, 3.8) is 0 Å². The van der Waals surface area contributed by atoms with Gasteiger partial charge >= 0.3 is 0 Å². The molecule has 0 aliphatic heterocycles. The van der Waals surface area contributed by atoms with E-state index < -0.39 is 6.10 Å². The average Bonchev–Trinajstić information content (AvgIpc) is 2.43. The van der Waals surface area contributed by atoms with Crippen LogP contribution in [0.4, 0.5) is 0 Å². The zero-order chi connectivity index (χ0) is 13.8. The molecule has 1 N–H and O–H groups in total. The van der Waals surface area contributed by atoms with Gasteiger partial charge in [-0.2, -0.15) is 0 Å². The Morgan fingerprint density at radius 3 is 2.74 bits per heavy atom. The van der Waals surface area contributed by atoms with Crippen molar-refractivity contribution in [2.75, 3.05) is 7.11 Å². The van der Waals surface area contributed by atoms with Gasteiger partial charge in [0.05, 0.1) is 17.2 Å². The molecule has 1 atom stereocenters. The van der Waals surface area contributed by atoms with E-state index in [1.54, 1.807) is 37.6 Å². The molecule has 0 spiro atoms. The van der Waals surface area contributed by atoms with Crippen molar-refractivity contribution in [3.8, 4) is 5.75 Å². The highest BCUT2D eigenvalue weighted by molar-refractivity contribution is 6.42. The molecule has 2 aromatic rings. The van der Waals surface area contributed by atoms with Gasteiger partial charge in [0, 0.05) is 12.6 Å². The molecular formula is C14H13Cl2NO2. The molecule has 0 saturated heterocycles. The minimum atomic E-state index is -0.756. The molecule has 0 aliphatic rings. The summed E-state index contributed by atoms with van der Waals surface area (Å²) < 4.78 is 5.18. The minimum absolute atomic E-state index is 0.393. The molecular weight excluding hydrogens is 285 g/mol. The summed E-state index contributed by atoms with van der Waals surface area (Å²) in [7, 11) is 1.55.